The molecule has 108 valence electrons. The minimum atomic E-state index is -0.827. The summed E-state index contributed by atoms with van der Waals surface area (Å²) < 4.78 is 5.19. The van der Waals surface area contributed by atoms with Crippen LogP contribution in [-0.2, 0) is 4.79 Å². The van der Waals surface area contributed by atoms with Crippen molar-refractivity contribution in [3.63, 3.8) is 0 Å². The van der Waals surface area contributed by atoms with Gasteiger partial charge < -0.3 is 15.2 Å². The Morgan fingerprint density at radius 3 is 2.74 bits per heavy atom. The Kier molecular flexibility index (Phi) is 4.92. The van der Waals surface area contributed by atoms with Crippen molar-refractivity contribution in [1.29, 1.82) is 0 Å². The second-order valence-electron chi connectivity index (χ2n) is 5.49. The van der Waals surface area contributed by atoms with Gasteiger partial charge in [-0.2, -0.15) is 4.98 Å². The number of hydrogen-bond donors (Lipinski definition) is 1. The Hall–Kier alpha value is -1.14. The first-order valence-corrected chi connectivity index (χ1v) is 6.26. The van der Waals surface area contributed by atoms with E-state index < -0.39 is 5.54 Å². The van der Waals surface area contributed by atoms with E-state index in [1.807, 2.05) is 0 Å². The van der Waals surface area contributed by atoms with Crippen LogP contribution in [0.1, 0.15) is 44.3 Å². The second-order valence-corrected chi connectivity index (χ2v) is 5.49. The zero-order valence-electron chi connectivity index (χ0n) is 11.5. The molecule has 1 atom stereocenters. The van der Waals surface area contributed by atoms with E-state index in [-0.39, 0.29) is 24.2 Å². The predicted octanol–water partition coefficient (Wildman–Crippen LogP) is 1.24. The van der Waals surface area contributed by atoms with Gasteiger partial charge >= 0.3 is 0 Å². The average molecular weight is 289 g/mol. The third-order valence-corrected chi connectivity index (χ3v) is 3.15. The molecule has 1 aliphatic rings. The summed E-state index contributed by atoms with van der Waals surface area (Å²) in [4.78, 5) is 18.2. The van der Waals surface area contributed by atoms with Gasteiger partial charge in [-0.05, 0) is 33.6 Å². The molecule has 6 nitrogen and oxygen atoms in total. The Bertz CT molecular complexity index is 441. The fraction of sp³-hybridized carbons (Fsp3) is 0.750. The lowest BCUT2D eigenvalue weighted by Gasteiger charge is -2.35. The Labute approximate surface area is 119 Å². The van der Waals surface area contributed by atoms with E-state index in [1.165, 1.54) is 0 Å². The van der Waals surface area contributed by atoms with Gasteiger partial charge in [-0.3, -0.25) is 4.79 Å². The van der Waals surface area contributed by atoms with Crippen LogP contribution in [-0.4, -0.2) is 39.6 Å². The Balaban J connectivity index is 0.00000180. The van der Waals surface area contributed by atoms with Crippen LogP contribution in [0.5, 0.6) is 0 Å². The van der Waals surface area contributed by atoms with Crippen LogP contribution in [0.25, 0.3) is 0 Å². The van der Waals surface area contributed by atoms with E-state index in [0.717, 1.165) is 19.4 Å². The minimum Gasteiger partial charge on any atom is -0.340 e. The number of aryl methyl sites for hydroxylation is 1. The molecule has 7 heteroatoms. The van der Waals surface area contributed by atoms with Crippen LogP contribution < -0.4 is 5.73 Å². The van der Waals surface area contributed by atoms with Gasteiger partial charge in [0.1, 0.15) is 0 Å². The van der Waals surface area contributed by atoms with Crippen LogP contribution in [0.4, 0.5) is 0 Å². The van der Waals surface area contributed by atoms with E-state index in [1.54, 1.807) is 25.7 Å². The van der Waals surface area contributed by atoms with Crippen molar-refractivity contribution in [2.45, 2.75) is 45.1 Å². The number of nitrogens with zero attached hydrogens (tertiary/aromatic N) is 3. The zero-order chi connectivity index (χ0) is 13.3. The van der Waals surface area contributed by atoms with Crippen LogP contribution in [0, 0.1) is 6.92 Å². The fourth-order valence-corrected chi connectivity index (χ4v) is 2.25. The van der Waals surface area contributed by atoms with Crippen molar-refractivity contribution in [3.8, 4) is 0 Å². The lowest BCUT2D eigenvalue weighted by atomic mass is 9.95. The number of rotatable bonds is 2. The molecule has 2 heterocycles. The number of piperidine rings is 1. The molecule has 0 bridgehead atoms. The smallest absolute Gasteiger partial charge is 0.242 e. The zero-order valence-corrected chi connectivity index (χ0v) is 12.4. The van der Waals surface area contributed by atoms with Gasteiger partial charge in [-0.1, -0.05) is 5.16 Å². The lowest BCUT2D eigenvalue weighted by Crippen LogP contribution is -2.53. The van der Waals surface area contributed by atoms with Crippen molar-refractivity contribution in [3.05, 3.63) is 11.7 Å². The molecule has 1 unspecified atom stereocenters. The number of nitrogens with two attached hydrogens (primary N) is 1. The number of likely N-dealkylation sites (tertiary alicyclic amines) is 1. The molecule has 0 aliphatic carbocycles. The van der Waals surface area contributed by atoms with E-state index >= 15 is 0 Å². The molecule has 2 rings (SSSR count). The third-order valence-electron chi connectivity index (χ3n) is 3.15. The summed E-state index contributed by atoms with van der Waals surface area (Å²) >= 11 is 0. The van der Waals surface area contributed by atoms with Crippen molar-refractivity contribution < 1.29 is 9.32 Å². The highest BCUT2D eigenvalue weighted by atomic mass is 35.5. The van der Waals surface area contributed by atoms with E-state index in [4.69, 9.17) is 10.3 Å². The summed E-state index contributed by atoms with van der Waals surface area (Å²) in [5.41, 5.74) is 5.03. The first-order chi connectivity index (χ1) is 8.38. The Morgan fingerprint density at radius 2 is 2.21 bits per heavy atom. The molecule has 1 aliphatic heterocycles. The number of aromatic nitrogens is 2. The van der Waals surface area contributed by atoms with Gasteiger partial charge in [-0.15, -0.1) is 12.4 Å². The first kappa shape index (κ1) is 15.9. The number of hydrogen-bond acceptors (Lipinski definition) is 5. The normalized spacial score (nSPS) is 20.0. The van der Waals surface area contributed by atoms with Crippen molar-refractivity contribution >= 4 is 18.3 Å². The fourth-order valence-electron chi connectivity index (χ4n) is 2.25. The van der Waals surface area contributed by atoms with Gasteiger partial charge in [-0.25, -0.2) is 0 Å². The largest absolute Gasteiger partial charge is 0.340 e. The highest BCUT2D eigenvalue weighted by Crippen LogP contribution is 2.26. The van der Waals surface area contributed by atoms with Gasteiger partial charge in [0.15, 0.2) is 5.82 Å². The van der Waals surface area contributed by atoms with Crippen LogP contribution in [0.2, 0.25) is 0 Å². The molecule has 2 N–H and O–H groups in total. The van der Waals surface area contributed by atoms with Gasteiger partial charge in [0.25, 0.3) is 0 Å². The summed E-state index contributed by atoms with van der Waals surface area (Å²) in [6, 6.07) is 0. The van der Waals surface area contributed by atoms with E-state index in [9.17, 15) is 4.79 Å². The second kappa shape index (κ2) is 5.88. The number of carbonyl (C=O) groups is 1. The summed E-state index contributed by atoms with van der Waals surface area (Å²) in [6.45, 7) is 6.62. The number of carbonyl (C=O) groups excluding carboxylic acids is 1. The van der Waals surface area contributed by atoms with Crippen LogP contribution in [0.3, 0.4) is 0 Å². The van der Waals surface area contributed by atoms with Crippen molar-refractivity contribution in [2.24, 2.45) is 5.73 Å². The maximum atomic E-state index is 12.1. The highest BCUT2D eigenvalue weighted by molar-refractivity contribution is 5.85. The highest BCUT2D eigenvalue weighted by Gasteiger charge is 2.33. The lowest BCUT2D eigenvalue weighted by molar-refractivity contribution is -0.137. The molecule has 0 spiro atoms. The standard InChI is InChI=1S/C12H20N4O2.ClH/c1-8-14-10(18-15-8)9-5-4-6-16(7-9)11(17)12(2,3)13;/h9H,4-7,13H2,1-3H3;1H. The van der Waals surface area contributed by atoms with Gasteiger partial charge in [0, 0.05) is 13.1 Å². The first-order valence-electron chi connectivity index (χ1n) is 6.26. The number of amides is 1. The van der Waals surface area contributed by atoms with E-state index in [2.05, 4.69) is 10.1 Å². The molecule has 1 saturated heterocycles. The van der Waals surface area contributed by atoms with Crippen LogP contribution in [0.15, 0.2) is 4.52 Å². The minimum absolute atomic E-state index is 0. The molecule has 19 heavy (non-hydrogen) atoms. The molecule has 1 fully saturated rings. The monoisotopic (exact) mass is 288 g/mol. The maximum absolute atomic E-state index is 12.1. The quantitative estimate of drug-likeness (QED) is 0.885. The average Bonchev–Trinajstić information content (AvgIpc) is 2.74. The third kappa shape index (κ3) is 3.67. The molecule has 0 radical (unpaired) electrons. The predicted molar refractivity (Wildman–Crippen MR) is 73.1 cm³/mol. The van der Waals surface area contributed by atoms with E-state index in [0.29, 0.717) is 18.3 Å². The summed E-state index contributed by atoms with van der Waals surface area (Å²) in [7, 11) is 0. The molecule has 1 aromatic rings. The van der Waals surface area contributed by atoms with Gasteiger partial charge in [0.05, 0.1) is 11.5 Å². The number of halogens is 1. The molecule has 0 aromatic carbocycles. The summed E-state index contributed by atoms with van der Waals surface area (Å²) in [5, 5.41) is 3.80. The van der Waals surface area contributed by atoms with Gasteiger partial charge in [0.2, 0.25) is 11.8 Å². The summed E-state index contributed by atoms with van der Waals surface area (Å²) in [5.74, 6) is 1.36. The molecule has 1 amide bonds. The SMILES string of the molecule is Cc1noc(C2CCCN(C(=O)C(C)(C)N)C2)n1.Cl. The van der Waals surface area contributed by atoms with Crippen LogP contribution >= 0.6 is 12.4 Å². The van der Waals surface area contributed by atoms with Crippen molar-refractivity contribution in [2.75, 3.05) is 13.1 Å². The Morgan fingerprint density at radius 1 is 1.53 bits per heavy atom. The summed E-state index contributed by atoms with van der Waals surface area (Å²) in [6.07, 6.45) is 1.91. The molecule has 1 aromatic heterocycles. The topological polar surface area (TPSA) is 85.2 Å². The molecular weight excluding hydrogens is 268 g/mol. The maximum Gasteiger partial charge on any atom is 0.242 e. The van der Waals surface area contributed by atoms with Crippen molar-refractivity contribution in [1.82, 2.24) is 15.0 Å². The molecule has 0 saturated carbocycles. The molecular formula is C12H21ClN4O2.